The maximum absolute atomic E-state index is 6.00. The van der Waals surface area contributed by atoms with Crippen molar-refractivity contribution in [3.8, 4) is 0 Å². The van der Waals surface area contributed by atoms with E-state index in [4.69, 9.17) is 5.73 Å². The van der Waals surface area contributed by atoms with Crippen LogP contribution in [0.3, 0.4) is 0 Å². The zero-order valence-corrected chi connectivity index (χ0v) is 12.2. The van der Waals surface area contributed by atoms with Crippen molar-refractivity contribution in [3.63, 3.8) is 0 Å². The molecule has 1 atom stereocenters. The van der Waals surface area contributed by atoms with Crippen LogP contribution >= 0.6 is 0 Å². The van der Waals surface area contributed by atoms with Crippen LogP contribution < -0.4 is 5.73 Å². The molecule has 0 saturated heterocycles. The van der Waals surface area contributed by atoms with E-state index in [-0.39, 0.29) is 5.54 Å². The average Bonchev–Trinajstić information content (AvgIpc) is 2.15. The number of hydrogen-bond acceptors (Lipinski definition) is 2. The summed E-state index contributed by atoms with van der Waals surface area (Å²) in [5, 5.41) is 0. The van der Waals surface area contributed by atoms with E-state index in [1.165, 1.54) is 12.8 Å². The van der Waals surface area contributed by atoms with Crippen LogP contribution in [0.5, 0.6) is 0 Å². The zero-order valence-electron chi connectivity index (χ0n) is 12.2. The molecule has 0 radical (unpaired) electrons. The number of nitrogens with two attached hydrogens (primary N) is 1. The monoisotopic (exact) mass is 228 g/mol. The third-order valence-corrected chi connectivity index (χ3v) is 3.16. The van der Waals surface area contributed by atoms with Gasteiger partial charge >= 0.3 is 0 Å². The molecule has 1 unspecified atom stereocenters. The molecule has 0 aromatic carbocycles. The van der Waals surface area contributed by atoms with Crippen LogP contribution in [-0.4, -0.2) is 30.1 Å². The predicted molar refractivity (Wildman–Crippen MR) is 73.6 cm³/mol. The Kier molecular flexibility index (Phi) is 7.25. The lowest BCUT2D eigenvalue weighted by Crippen LogP contribution is -2.54. The van der Waals surface area contributed by atoms with E-state index in [1.807, 2.05) is 0 Å². The molecule has 2 nitrogen and oxygen atoms in total. The number of nitrogens with zero attached hydrogens (tertiary/aromatic N) is 1. The van der Waals surface area contributed by atoms with Crippen molar-refractivity contribution in [1.29, 1.82) is 0 Å². The van der Waals surface area contributed by atoms with Gasteiger partial charge in [0.1, 0.15) is 0 Å². The molecule has 0 saturated carbocycles. The van der Waals surface area contributed by atoms with Gasteiger partial charge < -0.3 is 5.73 Å². The van der Waals surface area contributed by atoms with Gasteiger partial charge in [0.25, 0.3) is 0 Å². The molecule has 98 valence electrons. The van der Waals surface area contributed by atoms with E-state index < -0.39 is 0 Å². The fourth-order valence-electron chi connectivity index (χ4n) is 2.32. The zero-order chi connectivity index (χ0) is 12.8. The smallest absolute Gasteiger partial charge is 0.0303 e. The molecule has 0 heterocycles. The van der Waals surface area contributed by atoms with Crippen molar-refractivity contribution in [3.05, 3.63) is 0 Å². The molecule has 0 aromatic rings. The fraction of sp³-hybridized carbons (Fsp3) is 1.00. The van der Waals surface area contributed by atoms with Gasteiger partial charge in [-0.2, -0.15) is 0 Å². The summed E-state index contributed by atoms with van der Waals surface area (Å²) < 4.78 is 0. The molecule has 16 heavy (non-hydrogen) atoms. The fourth-order valence-corrected chi connectivity index (χ4v) is 2.32. The highest BCUT2D eigenvalue weighted by molar-refractivity contribution is 4.87. The van der Waals surface area contributed by atoms with Crippen LogP contribution in [0.4, 0.5) is 0 Å². The van der Waals surface area contributed by atoms with Crippen molar-refractivity contribution < 1.29 is 0 Å². The SMILES string of the molecule is CCCC(C)(CN)N(CC(C)C)CC(C)C. The van der Waals surface area contributed by atoms with E-state index in [0.29, 0.717) is 11.8 Å². The lowest BCUT2D eigenvalue weighted by atomic mass is 9.91. The first-order chi connectivity index (χ1) is 7.35. The van der Waals surface area contributed by atoms with Gasteiger partial charge in [-0.3, -0.25) is 4.90 Å². The minimum absolute atomic E-state index is 0.184. The highest BCUT2D eigenvalue weighted by Gasteiger charge is 2.30. The summed E-state index contributed by atoms with van der Waals surface area (Å²) in [6.45, 7) is 16.8. The molecule has 0 aliphatic rings. The van der Waals surface area contributed by atoms with Crippen LogP contribution in [0.1, 0.15) is 54.4 Å². The topological polar surface area (TPSA) is 29.3 Å². The predicted octanol–water partition coefficient (Wildman–Crippen LogP) is 3.12. The second-order valence-electron chi connectivity index (χ2n) is 6.14. The van der Waals surface area contributed by atoms with Crippen molar-refractivity contribution in [2.75, 3.05) is 19.6 Å². The quantitative estimate of drug-likeness (QED) is 0.691. The van der Waals surface area contributed by atoms with Crippen LogP contribution in [0, 0.1) is 11.8 Å². The maximum Gasteiger partial charge on any atom is 0.0303 e. The summed E-state index contributed by atoms with van der Waals surface area (Å²) >= 11 is 0. The highest BCUT2D eigenvalue weighted by atomic mass is 15.2. The molecule has 0 spiro atoms. The molecular formula is C14H32N2. The minimum atomic E-state index is 0.184. The lowest BCUT2D eigenvalue weighted by Gasteiger charge is -2.42. The van der Waals surface area contributed by atoms with E-state index in [1.54, 1.807) is 0 Å². The Balaban J connectivity index is 4.67. The standard InChI is InChI=1S/C14H32N2/c1-7-8-14(6,11-15)16(9-12(2)3)10-13(4)5/h12-13H,7-11,15H2,1-6H3. The van der Waals surface area contributed by atoms with Gasteiger partial charge in [0.05, 0.1) is 0 Å². The van der Waals surface area contributed by atoms with Gasteiger partial charge in [0.15, 0.2) is 0 Å². The second-order valence-corrected chi connectivity index (χ2v) is 6.14. The Hall–Kier alpha value is -0.0800. The van der Waals surface area contributed by atoms with Crippen LogP contribution in [-0.2, 0) is 0 Å². The van der Waals surface area contributed by atoms with Crippen molar-refractivity contribution >= 4 is 0 Å². The summed E-state index contributed by atoms with van der Waals surface area (Å²) in [5.74, 6) is 1.42. The summed E-state index contributed by atoms with van der Waals surface area (Å²) in [5.41, 5.74) is 6.19. The minimum Gasteiger partial charge on any atom is -0.329 e. The molecular weight excluding hydrogens is 196 g/mol. The van der Waals surface area contributed by atoms with E-state index in [9.17, 15) is 0 Å². The first-order valence-electron chi connectivity index (χ1n) is 6.80. The van der Waals surface area contributed by atoms with Crippen LogP contribution in [0.25, 0.3) is 0 Å². The third kappa shape index (κ3) is 5.31. The molecule has 0 amide bonds. The Labute approximate surface area is 103 Å². The molecule has 0 aliphatic heterocycles. The van der Waals surface area contributed by atoms with Crippen LogP contribution in [0.2, 0.25) is 0 Å². The van der Waals surface area contributed by atoms with Gasteiger partial charge in [0.2, 0.25) is 0 Å². The summed E-state index contributed by atoms with van der Waals surface area (Å²) in [6, 6.07) is 0. The normalized spacial score (nSPS) is 16.1. The van der Waals surface area contributed by atoms with Crippen molar-refractivity contribution in [1.82, 2.24) is 4.90 Å². The molecule has 0 aliphatic carbocycles. The largest absolute Gasteiger partial charge is 0.329 e. The lowest BCUT2D eigenvalue weighted by molar-refractivity contribution is 0.0740. The van der Waals surface area contributed by atoms with Crippen molar-refractivity contribution in [2.45, 2.75) is 59.9 Å². The molecule has 0 bridgehead atoms. The van der Waals surface area contributed by atoms with E-state index >= 15 is 0 Å². The van der Waals surface area contributed by atoms with E-state index in [0.717, 1.165) is 19.6 Å². The Morgan fingerprint density at radius 3 is 1.75 bits per heavy atom. The van der Waals surface area contributed by atoms with Gasteiger partial charge in [-0.05, 0) is 25.2 Å². The first kappa shape index (κ1) is 15.9. The summed E-state index contributed by atoms with van der Waals surface area (Å²) in [7, 11) is 0. The summed E-state index contributed by atoms with van der Waals surface area (Å²) in [6.07, 6.45) is 2.41. The second kappa shape index (κ2) is 7.29. The molecule has 2 heteroatoms. The molecule has 2 N–H and O–H groups in total. The molecule has 0 rings (SSSR count). The van der Waals surface area contributed by atoms with Gasteiger partial charge in [-0.1, -0.05) is 41.0 Å². The van der Waals surface area contributed by atoms with Gasteiger partial charge in [-0.25, -0.2) is 0 Å². The molecule has 0 fully saturated rings. The van der Waals surface area contributed by atoms with Gasteiger partial charge in [0, 0.05) is 25.2 Å². The third-order valence-electron chi connectivity index (χ3n) is 3.16. The Morgan fingerprint density at radius 2 is 1.50 bits per heavy atom. The number of rotatable bonds is 8. The van der Waals surface area contributed by atoms with Crippen molar-refractivity contribution in [2.24, 2.45) is 17.6 Å². The average molecular weight is 228 g/mol. The first-order valence-corrected chi connectivity index (χ1v) is 6.80. The summed E-state index contributed by atoms with van der Waals surface area (Å²) in [4.78, 5) is 2.60. The van der Waals surface area contributed by atoms with Crippen LogP contribution in [0.15, 0.2) is 0 Å². The van der Waals surface area contributed by atoms with E-state index in [2.05, 4.69) is 46.4 Å². The van der Waals surface area contributed by atoms with Gasteiger partial charge in [-0.15, -0.1) is 0 Å². The Bertz CT molecular complexity index is 168. The highest BCUT2D eigenvalue weighted by Crippen LogP contribution is 2.22. The Morgan fingerprint density at radius 1 is 1.06 bits per heavy atom. The molecule has 0 aromatic heterocycles. The number of hydrogen-bond donors (Lipinski definition) is 1. The maximum atomic E-state index is 6.00.